The van der Waals surface area contributed by atoms with Crippen molar-refractivity contribution >= 4 is 51.0 Å². The minimum atomic E-state index is -0.852. The number of thiazole rings is 1. The van der Waals surface area contributed by atoms with Gasteiger partial charge in [-0.15, -0.1) is 11.3 Å². The van der Waals surface area contributed by atoms with Crippen LogP contribution in [0.1, 0.15) is 88.4 Å². The average Bonchev–Trinajstić information content (AvgIpc) is 3.64. The molecule has 0 spiro atoms. The molecule has 0 aliphatic carbocycles. The summed E-state index contributed by atoms with van der Waals surface area (Å²) in [5.41, 5.74) is 11.6. The molecular weight excluding hydrogens is 554 g/mol. The van der Waals surface area contributed by atoms with E-state index in [2.05, 4.69) is 20.6 Å². The predicted octanol–water partition coefficient (Wildman–Crippen LogP) is 3.12. The molecule has 0 radical (unpaired) electrons. The fourth-order valence-electron chi connectivity index (χ4n) is 5.40. The van der Waals surface area contributed by atoms with E-state index in [-0.39, 0.29) is 29.5 Å². The maximum Gasteiger partial charge on any atom is 0.245 e. The lowest BCUT2D eigenvalue weighted by atomic mass is 9.96. The molecule has 3 amide bonds. The largest absolute Gasteiger partial charge is 0.370 e. The number of benzene rings is 1. The quantitative estimate of drug-likeness (QED) is 0.0993. The van der Waals surface area contributed by atoms with E-state index in [4.69, 9.17) is 11.5 Å². The first-order valence-electron chi connectivity index (χ1n) is 15.1. The topological polar surface area (TPSA) is 173 Å². The van der Waals surface area contributed by atoms with Crippen molar-refractivity contribution in [3.8, 4) is 0 Å². The number of carbonyl (C=O) groups is 4. The van der Waals surface area contributed by atoms with Gasteiger partial charge in [0.15, 0.2) is 11.0 Å². The van der Waals surface area contributed by atoms with Crippen LogP contribution >= 0.6 is 11.3 Å². The molecule has 1 aliphatic rings. The summed E-state index contributed by atoms with van der Waals surface area (Å²) in [7, 11) is 0. The van der Waals surface area contributed by atoms with Crippen LogP contribution in [0.25, 0.3) is 10.2 Å². The van der Waals surface area contributed by atoms with Crippen molar-refractivity contribution in [1.29, 1.82) is 0 Å². The summed E-state index contributed by atoms with van der Waals surface area (Å²) in [5, 5.41) is 6.17. The Labute approximate surface area is 251 Å². The van der Waals surface area contributed by atoms with Crippen LogP contribution in [0.15, 0.2) is 29.3 Å². The van der Waals surface area contributed by atoms with Gasteiger partial charge in [0, 0.05) is 19.0 Å². The molecule has 11 nitrogen and oxygen atoms in total. The van der Waals surface area contributed by atoms with E-state index in [1.54, 1.807) is 4.90 Å². The maximum absolute atomic E-state index is 13.6. The number of nitrogens with zero attached hydrogens (tertiary/aromatic N) is 3. The van der Waals surface area contributed by atoms with Crippen molar-refractivity contribution in [2.45, 2.75) is 96.7 Å². The van der Waals surface area contributed by atoms with E-state index in [0.717, 1.165) is 35.9 Å². The van der Waals surface area contributed by atoms with Gasteiger partial charge in [0.25, 0.3) is 0 Å². The standard InChI is InChI=1S/C30H45N7O4S/c1-4-11-19(12-5-2)26(39)34-20(6-3)29(41)37-18-10-15-23(37)27(40)35-22(14-9-17-33-30(31)32)25(38)28-36-21-13-7-8-16-24(21)42-28/h7-8,13,16,19-20,22-23H,4-6,9-12,14-15,17-18H2,1-3H3,(H,34,39)(H,35,40)(H4,31,32,33)/t20-,22-,23-/m0/s1. The summed E-state index contributed by atoms with van der Waals surface area (Å²) < 4.78 is 0.881. The zero-order chi connectivity index (χ0) is 30.6. The molecule has 6 N–H and O–H groups in total. The number of Topliss-reactive ketones (excluding diaryl/α,β-unsaturated/α-hetero) is 1. The van der Waals surface area contributed by atoms with Gasteiger partial charge >= 0.3 is 0 Å². The Kier molecular flexibility index (Phi) is 12.7. The molecule has 1 aromatic carbocycles. The summed E-state index contributed by atoms with van der Waals surface area (Å²) in [4.78, 5) is 63.8. The molecule has 12 heteroatoms. The molecule has 3 atom stereocenters. The highest BCUT2D eigenvalue weighted by atomic mass is 32.1. The molecule has 0 unspecified atom stereocenters. The molecule has 0 bridgehead atoms. The van der Waals surface area contributed by atoms with E-state index in [1.165, 1.54) is 11.3 Å². The molecular formula is C30H45N7O4S. The van der Waals surface area contributed by atoms with Gasteiger partial charge in [-0.25, -0.2) is 4.98 Å². The first-order valence-corrected chi connectivity index (χ1v) is 15.9. The van der Waals surface area contributed by atoms with Crippen LogP contribution in [0.2, 0.25) is 0 Å². The Morgan fingerprint density at radius 1 is 1.05 bits per heavy atom. The lowest BCUT2D eigenvalue weighted by Gasteiger charge is -2.30. The van der Waals surface area contributed by atoms with Crippen molar-refractivity contribution in [2.75, 3.05) is 13.1 Å². The molecule has 1 fully saturated rings. The van der Waals surface area contributed by atoms with Gasteiger partial charge in [-0.3, -0.25) is 24.2 Å². The smallest absolute Gasteiger partial charge is 0.245 e. The van der Waals surface area contributed by atoms with Gasteiger partial charge in [-0.1, -0.05) is 45.7 Å². The Hall–Kier alpha value is -3.54. The van der Waals surface area contributed by atoms with Gasteiger partial charge in [0.2, 0.25) is 23.5 Å². The van der Waals surface area contributed by atoms with Crippen molar-refractivity contribution in [1.82, 2.24) is 20.5 Å². The number of ketones is 1. The minimum Gasteiger partial charge on any atom is -0.370 e. The number of rotatable bonds is 16. The third-order valence-corrected chi connectivity index (χ3v) is 8.64. The zero-order valence-electron chi connectivity index (χ0n) is 24.9. The molecule has 2 heterocycles. The maximum atomic E-state index is 13.6. The van der Waals surface area contributed by atoms with Crippen molar-refractivity contribution in [3.05, 3.63) is 29.3 Å². The first-order chi connectivity index (χ1) is 20.2. The minimum absolute atomic E-state index is 0.0403. The first kappa shape index (κ1) is 33.0. The fourth-order valence-corrected chi connectivity index (χ4v) is 6.36. The number of fused-ring (bicyclic) bond motifs is 1. The van der Waals surface area contributed by atoms with Crippen LogP contribution in [0.3, 0.4) is 0 Å². The number of para-hydroxylation sites is 1. The highest BCUT2D eigenvalue weighted by molar-refractivity contribution is 7.20. The van der Waals surface area contributed by atoms with Crippen molar-refractivity contribution < 1.29 is 19.2 Å². The average molecular weight is 600 g/mol. The monoisotopic (exact) mass is 599 g/mol. The number of hydrogen-bond donors (Lipinski definition) is 4. The Bertz CT molecular complexity index is 1220. The number of amides is 3. The molecule has 42 heavy (non-hydrogen) atoms. The lowest BCUT2D eigenvalue weighted by Crippen LogP contribution is -2.55. The van der Waals surface area contributed by atoms with Gasteiger partial charge in [-0.05, 0) is 57.1 Å². The highest BCUT2D eigenvalue weighted by Crippen LogP contribution is 2.25. The van der Waals surface area contributed by atoms with Crippen LogP contribution in [-0.2, 0) is 14.4 Å². The SMILES string of the molecule is CCCC(CCC)C(=O)N[C@@H](CC)C(=O)N1CCC[C@H]1C(=O)N[C@@H](CCCN=C(N)N)C(=O)c1nc2ccccc2s1. The lowest BCUT2D eigenvalue weighted by molar-refractivity contribution is -0.142. The van der Waals surface area contributed by atoms with E-state index < -0.39 is 24.0 Å². The van der Waals surface area contributed by atoms with Crippen LogP contribution in [0, 0.1) is 5.92 Å². The number of nitrogens with two attached hydrogens (primary N) is 2. The zero-order valence-corrected chi connectivity index (χ0v) is 25.8. The number of aliphatic imine (C=N–C) groups is 1. The van der Waals surface area contributed by atoms with Crippen LogP contribution in [0.4, 0.5) is 0 Å². The third-order valence-electron chi connectivity index (χ3n) is 7.59. The summed E-state index contributed by atoms with van der Waals surface area (Å²) in [6.45, 7) is 6.66. The number of nitrogens with one attached hydrogen (secondary N) is 2. The fraction of sp³-hybridized carbons (Fsp3) is 0.600. The van der Waals surface area contributed by atoms with Crippen LogP contribution in [0.5, 0.6) is 0 Å². The summed E-state index contributed by atoms with van der Waals surface area (Å²) >= 11 is 1.28. The molecule has 1 aliphatic heterocycles. The van der Waals surface area contributed by atoms with E-state index in [9.17, 15) is 19.2 Å². The Morgan fingerprint density at radius 3 is 2.40 bits per heavy atom. The van der Waals surface area contributed by atoms with Crippen molar-refractivity contribution in [2.24, 2.45) is 22.4 Å². The van der Waals surface area contributed by atoms with Crippen LogP contribution in [-0.4, -0.2) is 70.6 Å². The van der Waals surface area contributed by atoms with Gasteiger partial charge in [0.1, 0.15) is 12.1 Å². The predicted molar refractivity (Wildman–Crippen MR) is 166 cm³/mol. The molecule has 2 aromatic rings. The second-order valence-electron chi connectivity index (χ2n) is 10.8. The summed E-state index contributed by atoms with van der Waals surface area (Å²) in [6, 6.07) is 5.19. The number of likely N-dealkylation sites (tertiary alicyclic amines) is 1. The Balaban J connectivity index is 1.74. The summed E-state index contributed by atoms with van der Waals surface area (Å²) in [5.74, 6) is -1.23. The number of carbonyl (C=O) groups excluding carboxylic acids is 4. The summed E-state index contributed by atoms with van der Waals surface area (Å²) in [6.07, 6.45) is 5.65. The Morgan fingerprint density at radius 2 is 1.76 bits per heavy atom. The second-order valence-corrected chi connectivity index (χ2v) is 11.8. The molecule has 1 saturated heterocycles. The van der Waals surface area contributed by atoms with Crippen LogP contribution < -0.4 is 22.1 Å². The van der Waals surface area contributed by atoms with Crippen molar-refractivity contribution in [3.63, 3.8) is 0 Å². The molecule has 1 aromatic heterocycles. The van der Waals surface area contributed by atoms with E-state index >= 15 is 0 Å². The molecule has 3 rings (SSSR count). The molecule has 0 saturated carbocycles. The second kappa shape index (κ2) is 16.2. The number of hydrogen-bond acceptors (Lipinski definition) is 7. The number of aromatic nitrogens is 1. The highest BCUT2D eigenvalue weighted by Gasteiger charge is 2.39. The van der Waals surface area contributed by atoms with Gasteiger partial charge in [-0.2, -0.15) is 0 Å². The van der Waals surface area contributed by atoms with Gasteiger partial charge in [0.05, 0.1) is 16.3 Å². The molecule has 230 valence electrons. The normalized spacial score (nSPS) is 16.3. The van der Waals surface area contributed by atoms with E-state index in [1.807, 2.05) is 45.0 Å². The van der Waals surface area contributed by atoms with E-state index in [0.29, 0.717) is 50.2 Å². The van der Waals surface area contributed by atoms with Gasteiger partial charge < -0.3 is 27.0 Å². The number of guanidine groups is 1. The third kappa shape index (κ3) is 8.73.